The van der Waals surface area contributed by atoms with Gasteiger partial charge in [0.15, 0.2) is 0 Å². The van der Waals surface area contributed by atoms with Gasteiger partial charge in [-0.15, -0.1) is 0 Å². The summed E-state index contributed by atoms with van der Waals surface area (Å²) in [7, 11) is 8.66. The maximum Gasteiger partial charge on any atom is 0.311 e. The maximum absolute atomic E-state index is 11.8. The number of esters is 1. The fourth-order valence-corrected chi connectivity index (χ4v) is 1.89. The Hall–Kier alpha value is -0.610. The van der Waals surface area contributed by atoms with E-state index in [1.54, 1.807) is 0 Å². The zero-order valence-electron chi connectivity index (χ0n) is 14.0. The van der Waals surface area contributed by atoms with Crippen LogP contribution in [0.15, 0.2) is 0 Å². The molecule has 1 unspecified atom stereocenters. The number of hydrogen-bond acceptors (Lipinski definition) is 2. The predicted molar refractivity (Wildman–Crippen MR) is 79.8 cm³/mol. The molecule has 0 saturated carbocycles. The highest BCUT2D eigenvalue weighted by Crippen LogP contribution is 2.11. The second-order valence-electron chi connectivity index (χ2n) is 6.57. The summed E-state index contributed by atoms with van der Waals surface area (Å²) in [4.78, 5) is 11.8. The molecule has 0 spiro atoms. The quantitative estimate of drug-likeness (QED) is 0.474. The zero-order valence-corrected chi connectivity index (χ0v) is 14.0. The third kappa shape index (κ3) is 6.92. The van der Waals surface area contributed by atoms with E-state index >= 15 is 0 Å². The SMILES string of the molecule is CCC(COC(=O)CC[N+](C)(C)CC)[N+](C)(C)CC. The van der Waals surface area contributed by atoms with Crippen LogP contribution in [-0.4, -0.2) is 75.4 Å². The second kappa shape index (κ2) is 7.85. The molecule has 0 N–H and O–H groups in total. The highest BCUT2D eigenvalue weighted by Gasteiger charge is 2.26. The van der Waals surface area contributed by atoms with E-state index in [4.69, 9.17) is 4.74 Å². The van der Waals surface area contributed by atoms with Crippen molar-refractivity contribution in [3.63, 3.8) is 0 Å². The fourth-order valence-electron chi connectivity index (χ4n) is 1.89. The lowest BCUT2D eigenvalue weighted by Crippen LogP contribution is -2.51. The molecular weight excluding hydrogens is 240 g/mol. The number of carbonyl (C=O) groups excluding carboxylic acids is 1. The fraction of sp³-hybridized carbons (Fsp3) is 0.933. The van der Waals surface area contributed by atoms with E-state index in [0.29, 0.717) is 19.1 Å². The van der Waals surface area contributed by atoms with Crippen LogP contribution in [0.2, 0.25) is 0 Å². The van der Waals surface area contributed by atoms with Crippen LogP contribution in [0.1, 0.15) is 33.6 Å². The van der Waals surface area contributed by atoms with Crippen LogP contribution in [0, 0.1) is 0 Å². The third-order valence-corrected chi connectivity index (χ3v) is 4.49. The Kier molecular flexibility index (Phi) is 7.60. The van der Waals surface area contributed by atoms with Crippen molar-refractivity contribution >= 4 is 5.97 Å². The van der Waals surface area contributed by atoms with Crippen LogP contribution in [0.5, 0.6) is 0 Å². The Balaban J connectivity index is 4.15. The molecule has 4 heteroatoms. The molecule has 0 bridgehead atoms. The summed E-state index contributed by atoms with van der Waals surface area (Å²) >= 11 is 0. The van der Waals surface area contributed by atoms with Crippen molar-refractivity contribution in [1.82, 2.24) is 0 Å². The minimum atomic E-state index is -0.0609. The van der Waals surface area contributed by atoms with Crippen molar-refractivity contribution in [2.45, 2.75) is 39.7 Å². The molecule has 0 amide bonds. The molecule has 0 aromatic rings. The Morgan fingerprint density at radius 1 is 1.05 bits per heavy atom. The lowest BCUT2D eigenvalue weighted by Gasteiger charge is -2.36. The maximum atomic E-state index is 11.8. The summed E-state index contributed by atoms with van der Waals surface area (Å²) in [5.41, 5.74) is 0. The van der Waals surface area contributed by atoms with Crippen LogP contribution in [0.3, 0.4) is 0 Å². The smallest absolute Gasteiger partial charge is 0.311 e. The van der Waals surface area contributed by atoms with Gasteiger partial charge in [0.25, 0.3) is 0 Å². The zero-order chi connectivity index (χ0) is 15.1. The average Bonchev–Trinajstić information content (AvgIpc) is 2.37. The number of hydrogen-bond donors (Lipinski definition) is 0. The third-order valence-electron chi connectivity index (χ3n) is 4.49. The van der Waals surface area contributed by atoms with Gasteiger partial charge in [0.05, 0.1) is 54.2 Å². The van der Waals surface area contributed by atoms with Gasteiger partial charge in [-0.3, -0.25) is 4.79 Å². The van der Waals surface area contributed by atoms with E-state index in [2.05, 4.69) is 49.0 Å². The molecule has 0 aliphatic carbocycles. The molecular formula is C15H34N2O2+2. The first kappa shape index (κ1) is 18.4. The summed E-state index contributed by atoms with van der Waals surface area (Å²) in [5.74, 6) is -0.0609. The minimum Gasteiger partial charge on any atom is -0.459 e. The lowest BCUT2D eigenvalue weighted by atomic mass is 10.2. The number of ether oxygens (including phenoxy) is 1. The Morgan fingerprint density at radius 3 is 2.05 bits per heavy atom. The number of likely N-dealkylation sites (N-methyl/N-ethyl adjacent to an activating group) is 1. The summed E-state index contributed by atoms with van der Waals surface area (Å²) in [5, 5.41) is 0. The molecule has 1 atom stereocenters. The van der Waals surface area contributed by atoms with Gasteiger partial charge in [-0.05, 0) is 13.8 Å². The molecule has 0 heterocycles. The van der Waals surface area contributed by atoms with E-state index in [1.807, 2.05) is 0 Å². The van der Waals surface area contributed by atoms with Crippen molar-refractivity contribution in [2.24, 2.45) is 0 Å². The van der Waals surface area contributed by atoms with Gasteiger partial charge in [-0.1, -0.05) is 6.92 Å². The summed E-state index contributed by atoms with van der Waals surface area (Å²) in [6, 6.07) is 0.391. The second-order valence-corrected chi connectivity index (χ2v) is 6.57. The predicted octanol–water partition coefficient (Wildman–Crippen LogP) is 1.89. The number of rotatable bonds is 9. The molecule has 0 rings (SSSR count). The first-order valence-corrected chi connectivity index (χ1v) is 7.48. The van der Waals surface area contributed by atoms with Gasteiger partial charge < -0.3 is 13.7 Å². The van der Waals surface area contributed by atoms with E-state index in [9.17, 15) is 4.79 Å². The molecule has 0 aromatic heterocycles. The Bertz CT molecular complexity index is 275. The molecule has 0 saturated heterocycles. The monoisotopic (exact) mass is 274 g/mol. The van der Waals surface area contributed by atoms with Crippen molar-refractivity contribution < 1.29 is 18.5 Å². The number of nitrogens with zero attached hydrogens (tertiary/aromatic N) is 2. The Labute approximate surface area is 119 Å². The molecule has 0 radical (unpaired) electrons. The molecule has 19 heavy (non-hydrogen) atoms. The van der Waals surface area contributed by atoms with Gasteiger partial charge in [-0.2, -0.15) is 0 Å². The van der Waals surface area contributed by atoms with Gasteiger partial charge in [0.2, 0.25) is 0 Å². The average molecular weight is 274 g/mol. The van der Waals surface area contributed by atoms with Crippen molar-refractivity contribution in [2.75, 3.05) is 54.4 Å². The van der Waals surface area contributed by atoms with Gasteiger partial charge in [0.1, 0.15) is 12.6 Å². The Morgan fingerprint density at radius 2 is 1.63 bits per heavy atom. The van der Waals surface area contributed by atoms with Crippen LogP contribution < -0.4 is 0 Å². The molecule has 114 valence electrons. The van der Waals surface area contributed by atoms with Crippen molar-refractivity contribution in [3.8, 4) is 0 Å². The van der Waals surface area contributed by atoms with Crippen molar-refractivity contribution in [1.29, 1.82) is 0 Å². The van der Waals surface area contributed by atoms with Gasteiger partial charge >= 0.3 is 5.97 Å². The molecule has 0 fully saturated rings. The summed E-state index contributed by atoms with van der Waals surface area (Å²) < 4.78 is 7.23. The highest BCUT2D eigenvalue weighted by atomic mass is 16.5. The normalized spacial score (nSPS) is 14.3. The lowest BCUT2D eigenvalue weighted by molar-refractivity contribution is -0.913. The molecule has 0 aliphatic rings. The standard InChI is InChI=1S/C15H34N2O2/c1-8-14(17(6,7)10-3)13-19-15(18)11-12-16(4,5)9-2/h14H,8-13H2,1-7H3/q+2. The first-order valence-electron chi connectivity index (χ1n) is 7.48. The van der Waals surface area contributed by atoms with Crippen molar-refractivity contribution in [3.05, 3.63) is 0 Å². The topological polar surface area (TPSA) is 26.3 Å². The van der Waals surface area contributed by atoms with Crippen LogP contribution in [0.4, 0.5) is 0 Å². The van der Waals surface area contributed by atoms with Crippen LogP contribution in [0.25, 0.3) is 0 Å². The highest BCUT2D eigenvalue weighted by molar-refractivity contribution is 5.69. The van der Waals surface area contributed by atoms with E-state index in [-0.39, 0.29) is 5.97 Å². The summed E-state index contributed by atoms with van der Waals surface area (Å²) in [6.45, 7) is 9.94. The number of carbonyl (C=O) groups is 1. The molecule has 4 nitrogen and oxygen atoms in total. The molecule has 0 aliphatic heterocycles. The van der Waals surface area contributed by atoms with Crippen LogP contribution in [-0.2, 0) is 9.53 Å². The van der Waals surface area contributed by atoms with E-state index in [1.165, 1.54) is 0 Å². The molecule has 0 aromatic carbocycles. The first-order chi connectivity index (χ1) is 8.68. The number of quaternary nitrogens is 2. The minimum absolute atomic E-state index is 0.0609. The van der Waals surface area contributed by atoms with Gasteiger partial charge in [0, 0.05) is 6.42 Å². The van der Waals surface area contributed by atoms with Gasteiger partial charge in [-0.25, -0.2) is 0 Å². The van der Waals surface area contributed by atoms with Crippen LogP contribution >= 0.6 is 0 Å². The largest absolute Gasteiger partial charge is 0.459 e. The van der Waals surface area contributed by atoms with E-state index < -0.39 is 0 Å². The summed E-state index contributed by atoms with van der Waals surface area (Å²) in [6.07, 6.45) is 1.54. The van der Waals surface area contributed by atoms with E-state index in [0.717, 1.165) is 35.0 Å².